The number of fused-ring (bicyclic) bond motifs is 1. The lowest BCUT2D eigenvalue weighted by molar-refractivity contribution is 0.108. The van der Waals surface area contributed by atoms with E-state index >= 15 is 0 Å². The fourth-order valence-electron chi connectivity index (χ4n) is 2.76. The van der Waals surface area contributed by atoms with Gasteiger partial charge in [-0.3, -0.25) is 4.99 Å². The van der Waals surface area contributed by atoms with Crippen molar-refractivity contribution in [2.45, 2.75) is 52.3 Å². The molecule has 2 rings (SSSR count). The van der Waals surface area contributed by atoms with E-state index in [0.717, 1.165) is 63.2 Å². The smallest absolute Gasteiger partial charge is 0.191 e. The van der Waals surface area contributed by atoms with E-state index in [1.807, 2.05) is 4.68 Å². The van der Waals surface area contributed by atoms with Crippen LogP contribution in [0.5, 0.6) is 0 Å². The van der Waals surface area contributed by atoms with Crippen molar-refractivity contribution in [1.82, 2.24) is 25.4 Å². The fraction of sp³-hybridized carbons (Fsp3) is 0.824. The van der Waals surface area contributed by atoms with E-state index in [1.165, 1.54) is 0 Å². The predicted molar refractivity (Wildman–Crippen MR) is 97.6 cm³/mol. The van der Waals surface area contributed by atoms with Crippen LogP contribution in [0.2, 0.25) is 0 Å². The number of rotatable bonds is 9. The Kier molecular flexibility index (Phi) is 8.14. The summed E-state index contributed by atoms with van der Waals surface area (Å²) in [5.41, 5.74) is 0. The molecule has 0 amide bonds. The van der Waals surface area contributed by atoms with Crippen molar-refractivity contribution in [3.8, 4) is 0 Å². The van der Waals surface area contributed by atoms with E-state index in [1.54, 1.807) is 14.2 Å². The second-order valence-electron chi connectivity index (χ2n) is 6.76. The van der Waals surface area contributed by atoms with Crippen molar-refractivity contribution >= 4 is 5.96 Å². The Morgan fingerprint density at radius 1 is 1.44 bits per heavy atom. The molecule has 25 heavy (non-hydrogen) atoms. The Morgan fingerprint density at radius 2 is 2.28 bits per heavy atom. The summed E-state index contributed by atoms with van der Waals surface area (Å²) in [5, 5.41) is 11.3. The molecule has 1 aromatic heterocycles. The molecule has 0 saturated heterocycles. The van der Waals surface area contributed by atoms with Gasteiger partial charge >= 0.3 is 0 Å². The number of guanidine groups is 1. The number of aliphatic imine (C=N–C) groups is 1. The lowest BCUT2D eigenvalue weighted by Crippen LogP contribution is -2.47. The van der Waals surface area contributed by atoms with Gasteiger partial charge in [0.25, 0.3) is 0 Å². The van der Waals surface area contributed by atoms with Crippen molar-refractivity contribution in [3.63, 3.8) is 0 Å². The van der Waals surface area contributed by atoms with Gasteiger partial charge in [0.1, 0.15) is 12.4 Å². The van der Waals surface area contributed by atoms with Gasteiger partial charge in [-0.05, 0) is 18.8 Å². The highest BCUT2D eigenvalue weighted by atomic mass is 16.5. The quantitative estimate of drug-likeness (QED) is 0.391. The summed E-state index contributed by atoms with van der Waals surface area (Å²) in [6.45, 7) is 8.01. The number of ether oxygens (including phenoxy) is 2. The zero-order valence-corrected chi connectivity index (χ0v) is 15.9. The molecule has 0 saturated carbocycles. The van der Waals surface area contributed by atoms with E-state index in [2.05, 4.69) is 39.6 Å². The number of nitrogens with one attached hydrogen (secondary N) is 2. The zero-order valence-electron chi connectivity index (χ0n) is 15.9. The summed E-state index contributed by atoms with van der Waals surface area (Å²) in [7, 11) is 3.46. The first-order chi connectivity index (χ1) is 12.1. The molecule has 0 spiro atoms. The topological polar surface area (TPSA) is 85.6 Å². The second-order valence-corrected chi connectivity index (χ2v) is 6.76. The minimum atomic E-state index is 0.299. The molecule has 0 aliphatic carbocycles. The van der Waals surface area contributed by atoms with E-state index in [9.17, 15) is 0 Å². The lowest BCUT2D eigenvalue weighted by Gasteiger charge is -2.25. The molecule has 8 heteroatoms. The third kappa shape index (κ3) is 6.62. The van der Waals surface area contributed by atoms with E-state index in [4.69, 9.17) is 9.47 Å². The summed E-state index contributed by atoms with van der Waals surface area (Å²) in [6, 6.07) is 0.299. The third-order valence-corrected chi connectivity index (χ3v) is 3.95. The second kappa shape index (κ2) is 10.4. The molecule has 2 heterocycles. The molecule has 2 N–H and O–H groups in total. The molecule has 1 aliphatic rings. The average molecular weight is 352 g/mol. The number of nitrogens with zero attached hydrogens (tertiary/aromatic N) is 4. The highest BCUT2D eigenvalue weighted by molar-refractivity contribution is 5.79. The Morgan fingerprint density at radius 3 is 3.00 bits per heavy atom. The van der Waals surface area contributed by atoms with Gasteiger partial charge in [0, 0.05) is 46.4 Å². The van der Waals surface area contributed by atoms with Crippen molar-refractivity contribution < 1.29 is 9.47 Å². The molecule has 1 aromatic rings. The SMILES string of the molecule is CN=C(NCCCOCC(C)C)NC1CCc2nc(COC)nn2C1. The molecule has 1 aliphatic heterocycles. The Balaban J connectivity index is 1.71. The summed E-state index contributed by atoms with van der Waals surface area (Å²) in [4.78, 5) is 8.81. The highest BCUT2D eigenvalue weighted by Gasteiger charge is 2.22. The van der Waals surface area contributed by atoms with Crippen LogP contribution < -0.4 is 10.6 Å². The van der Waals surface area contributed by atoms with Gasteiger partial charge < -0.3 is 20.1 Å². The number of hydrogen-bond donors (Lipinski definition) is 2. The number of aromatic nitrogens is 3. The van der Waals surface area contributed by atoms with Crippen LogP contribution in [0.25, 0.3) is 0 Å². The van der Waals surface area contributed by atoms with Gasteiger partial charge in [-0.1, -0.05) is 13.8 Å². The highest BCUT2D eigenvalue weighted by Crippen LogP contribution is 2.13. The van der Waals surface area contributed by atoms with Crippen LogP contribution >= 0.6 is 0 Å². The first-order valence-electron chi connectivity index (χ1n) is 9.08. The summed E-state index contributed by atoms with van der Waals surface area (Å²) < 4.78 is 12.7. The normalized spacial score (nSPS) is 17.6. The van der Waals surface area contributed by atoms with Crippen LogP contribution in [0, 0.1) is 5.92 Å². The molecule has 1 unspecified atom stereocenters. The average Bonchev–Trinajstić information content (AvgIpc) is 2.98. The van der Waals surface area contributed by atoms with Crippen LogP contribution in [-0.4, -0.2) is 60.7 Å². The maximum absolute atomic E-state index is 5.59. The molecule has 0 bridgehead atoms. The van der Waals surface area contributed by atoms with Gasteiger partial charge in [-0.25, -0.2) is 9.67 Å². The van der Waals surface area contributed by atoms with Crippen molar-refractivity contribution in [3.05, 3.63) is 11.6 Å². The maximum atomic E-state index is 5.59. The molecule has 0 fully saturated rings. The Labute approximate surface area is 150 Å². The first-order valence-corrected chi connectivity index (χ1v) is 9.08. The Bertz CT molecular complexity index is 543. The standard InChI is InChI=1S/C17H32N6O2/c1-13(2)11-25-9-5-8-19-17(18-3)20-14-6-7-16-21-15(12-24-4)22-23(16)10-14/h13-14H,5-12H2,1-4H3,(H2,18,19,20). The van der Waals surface area contributed by atoms with Gasteiger partial charge in [0.15, 0.2) is 11.8 Å². The fourth-order valence-corrected chi connectivity index (χ4v) is 2.76. The van der Waals surface area contributed by atoms with Gasteiger partial charge in [0.2, 0.25) is 0 Å². The summed E-state index contributed by atoms with van der Waals surface area (Å²) >= 11 is 0. The molecular weight excluding hydrogens is 320 g/mol. The monoisotopic (exact) mass is 352 g/mol. The van der Waals surface area contributed by atoms with E-state index < -0.39 is 0 Å². The maximum Gasteiger partial charge on any atom is 0.191 e. The number of aryl methyl sites for hydroxylation is 1. The minimum absolute atomic E-state index is 0.299. The number of methoxy groups -OCH3 is 1. The van der Waals surface area contributed by atoms with Crippen molar-refractivity contribution in [1.29, 1.82) is 0 Å². The zero-order chi connectivity index (χ0) is 18.1. The Hall–Kier alpha value is -1.67. The van der Waals surface area contributed by atoms with Crippen LogP contribution in [0.1, 0.15) is 38.3 Å². The van der Waals surface area contributed by atoms with Crippen LogP contribution in [0.3, 0.4) is 0 Å². The molecule has 0 aromatic carbocycles. The molecular formula is C17H32N6O2. The molecule has 8 nitrogen and oxygen atoms in total. The minimum Gasteiger partial charge on any atom is -0.381 e. The predicted octanol–water partition coefficient (Wildman–Crippen LogP) is 0.967. The first kappa shape index (κ1) is 19.7. The van der Waals surface area contributed by atoms with E-state index in [-0.39, 0.29) is 0 Å². The summed E-state index contributed by atoms with van der Waals surface area (Å²) in [6.07, 6.45) is 2.89. The van der Waals surface area contributed by atoms with Crippen LogP contribution in [-0.2, 0) is 29.0 Å². The molecule has 1 atom stereocenters. The number of hydrogen-bond acceptors (Lipinski definition) is 5. The van der Waals surface area contributed by atoms with Gasteiger partial charge in [0.05, 0.1) is 6.54 Å². The molecule has 142 valence electrons. The lowest BCUT2D eigenvalue weighted by atomic mass is 10.1. The largest absolute Gasteiger partial charge is 0.381 e. The van der Waals surface area contributed by atoms with Crippen molar-refractivity contribution in [2.75, 3.05) is 33.9 Å². The van der Waals surface area contributed by atoms with E-state index in [0.29, 0.717) is 18.6 Å². The van der Waals surface area contributed by atoms with Crippen LogP contribution in [0.15, 0.2) is 4.99 Å². The summed E-state index contributed by atoms with van der Waals surface area (Å²) in [5.74, 6) is 3.20. The van der Waals surface area contributed by atoms with Crippen LogP contribution in [0.4, 0.5) is 0 Å². The molecule has 0 radical (unpaired) electrons. The third-order valence-electron chi connectivity index (χ3n) is 3.95. The van der Waals surface area contributed by atoms with Gasteiger partial charge in [-0.2, -0.15) is 5.10 Å². The van der Waals surface area contributed by atoms with Crippen molar-refractivity contribution in [2.24, 2.45) is 10.9 Å². The van der Waals surface area contributed by atoms with Gasteiger partial charge in [-0.15, -0.1) is 0 Å².